The molecule has 4 aromatic rings. The van der Waals surface area contributed by atoms with E-state index in [0.29, 0.717) is 18.0 Å². The zero-order valence-electron chi connectivity index (χ0n) is 26.5. The fraction of sp³-hybridized carbons (Fsp3) is 0.273. The molecule has 0 radical (unpaired) electrons. The van der Waals surface area contributed by atoms with Crippen molar-refractivity contribution in [2.45, 2.75) is 24.8 Å². The SMILES string of the molecule is COc1ccc([C@H]2CN(Cc3ccccc3)CC2C(=O)Nc2ccc(-c3cn[nH]c3)c(OC)c2)cc1.O=C(O)C(F)(F)F.O=C(O)C(F)(F)F. The van der Waals surface area contributed by atoms with Crippen molar-refractivity contribution in [3.8, 4) is 22.6 Å². The number of likely N-dealkylation sites (tertiary alicyclic amines) is 1. The third-order valence-electron chi connectivity index (χ3n) is 7.29. The summed E-state index contributed by atoms with van der Waals surface area (Å²) in [7, 11) is 3.29. The maximum absolute atomic E-state index is 13.6. The van der Waals surface area contributed by atoms with E-state index >= 15 is 0 Å². The lowest BCUT2D eigenvalue weighted by atomic mass is 9.88. The number of aromatic amines is 1. The van der Waals surface area contributed by atoms with E-state index in [0.717, 1.165) is 35.5 Å². The van der Waals surface area contributed by atoms with Crippen LogP contribution in [0.5, 0.6) is 11.5 Å². The molecule has 1 fully saturated rings. The van der Waals surface area contributed by atoms with E-state index < -0.39 is 24.3 Å². The fourth-order valence-electron chi connectivity index (χ4n) is 4.95. The number of ether oxygens (including phenoxy) is 2. The molecule has 0 aliphatic carbocycles. The number of carbonyl (C=O) groups excluding carboxylic acids is 1. The molecule has 17 heteroatoms. The van der Waals surface area contributed by atoms with Crippen LogP contribution in [0.1, 0.15) is 17.0 Å². The summed E-state index contributed by atoms with van der Waals surface area (Å²) in [5, 5.41) is 24.2. The highest BCUT2D eigenvalue weighted by atomic mass is 19.4. The molecular formula is C33H32F6N4O7. The Kier molecular flexibility index (Phi) is 13.4. The topological polar surface area (TPSA) is 154 Å². The number of amides is 1. The van der Waals surface area contributed by atoms with Gasteiger partial charge < -0.3 is 25.0 Å². The van der Waals surface area contributed by atoms with Crippen molar-refractivity contribution in [3.63, 3.8) is 0 Å². The number of carbonyl (C=O) groups is 3. The minimum Gasteiger partial charge on any atom is -0.497 e. The van der Waals surface area contributed by atoms with Gasteiger partial charge in [0.15, 0.2) is 0 Å². The van der Waals surface area contributed by atoms with Crippen molar-refractivity contribution in [1.82, 2.24) is 15.1 Å². The first-order chi connectivity index (χ1) is 23.5. The molecule has 2 heterocycles. The van der Waals surface area contributed by atoms with E-state index in [2.05, 4.69) is 56.8 Å². The number of carboxylic acids is 2. The van der Waals surface area contributed by atoms with Gasteiger partial charge in [-0.2, -0.15) is 31.4 Å². The van der Waals surface area contributed by atoms with Crippen LogP contribution in [0, 0.1) is 5.92 Å². The van der Waals surface area contributed by atoms with Gasteiger partial charge >= 0.3 is 24.3 Å². The van der Waals surface area contributed by atoms with Crippen LogP contribution < -0.4 is 14.8 Å². The molecular weight excluding hydrogens is 678 g/mol. The average Bonchev–Trinajstić information content (AvgIpc) is 3.76. The van der Waals surface area contributed by atoms with Crippen LogP contribution in [-0.4, -0.2) is 82.8 Å². The summed E-state index contributed by atoms with van der Waals surface area (Å²) in [5.41, 5.74) is 4.93. The van der Waals surface area contributed by atoms with E-state index in [1.165, 1.54) is 5.56 Å². The van der Waals surface area contributed by atoms with E-state index in [-0.39, 0.29) is 17.7 Å². The molecule has 11 nitrogen and oxygen atoms in total. The zero-order chi connectivity index (χ0) is 37.1. The lowest BCUT2D eigenvalue weighted by Gasteiger charge is -2.19. The summed E-state index contributed by atoms with van der Waals surface area (Å²) < 4.78 is 74.4. The molecule has 4 N–H and O–H groups in total. The van der Waals surface area contributed by atoms with Gasteiger partial charge in [0.2, 0.25) is 5.91 Å². The van der Waals surface area contributed by atoms with Gasteiger partial charge in [-0.1, -0.05) is 42.5 Å². The number of nitrogens with one attached hydrogen (secondary N) is 2. The molecule has 50 heavy (non-hydrogen) atoms. The number of H-pyrrole nitrogens is 1. The molecule has 1 aliphatic heterocycles. The van der Waals surface area contributed by atoms with E-state index in [1.807, 2.05) is 42.6 Å². The summed E-state index contributed by atoms with van der Waals surface area (Å²) in [6.07, 6.45) is -6.61. The second-order valence-electron chi connectivity index (χ2n) is 10.7. The quantitative estimate of drug-likeness (QED) is 0.156. The van der Waals surface area contributed by atoms with Crippen molar-refractivity contribution in [2.24, 2.45) is 5.92 Å². The zero-order valence-corrected chi connectivity index (χ0v) is 26.5. The van der Waals surface area contributed by atoms with Gasteiger partial charge in [0, 0.05) is 54.6 Å². The number of halogens is 6. The molecule has 1 amide bonds. The van der Waals surface area contributed by atoms with Crippen LogP contribution >= 0.6 is 0 Å². The van der Waals surface area contributed by atoms with Crippen molar-refractivity contribution in [1.29, 1.82) is 0 Å². The predicted molar refractivity (Wildman–Crippen MR) is 168 cm³/mol. The number of carboxylic acid groups (broad SMARTS) is 2. The molecule has 1 saturated heterocycles. The largest absolute Gasteiger partial charge is 0.497 e. The number of anilines is 1. The van der Waals surface area contributed by atoms with Crippen molar-refractivity contribution in [3.05, 3.63) is 96.3 Å². The van der Waals surface area contributed by atoms with Crippen LogP contribution in [-0.2, 0) is 20.9 Å². The minimum absolute atomic E-state index is 0.00416. The van der Waals surface area contributed by atoms with E-state index in [4.69, 9.17) is 29.3 Å². The molecule has 0 spiro atoms. The highest BCUT2D eigenvalue weighted by Crippen LogP contribution is 2.36. The molecule has 1 unspecified atom stereocenters. The Labute approximate surface area is 281 Å². The number of hydrogen-bond donors (Lipinski definition) is 4. The predicted octanol–water partition coefficient (Wildman–Crippen LogP) is 6.21. The number of rotatable bonds is 8. The first kappa shape index (κ1) is 38.9. The van der Waals surface area contributed by atoms with Gasteiger partial charge in [-0.3, -0.25) is 14.8 Å². The van der Waals surface area contributed by atoms with E-state index in [9.17, 15) is 31.1 Å². The summed E-state index contributed by atoms with van der Waals surface area (Å²) in [5.74, 6) is -4.14. The monoisotopic (exact) mass is 710 g/mol. The van der Waals surface area contributed by atoms with Crippen LogP contribution in [0.3, 0.4) is 0 Å². The number of aliphatic carboxylic acids is 2. The van der Waals surface area contributed by atoms with E-state index in [1.54, 1.807) is 20.4 Å². The molecule has 1 aromatic heterocycles. The van der Waals surface area contributed by atoms with Gasteiger partial charge in [0.25, 0.3) is 0 Å². The highest BCUT2D eigenvalue weighted by molar-refractivity contribution is 5.94. The number of hydrogen-bond acceptors (Lipinski definition) is 7. The smallest absolute Gasteiger partial charge is 0.490 e. The molecule has 2 atom stereocenters. The maximum atomic E-state index is 13.6. The third kappa shape index (κ3) is 11.3. The Bertz CT molecular complexity index is 1680. The molecule has 0 bridgehead atoms. The normalized spacial score (nSPS) is 15.8. The third-order valence-corrected chi connectivity index (χ3v) is 7.29. The first-order valence-corrected chi connectivity index (χ1v) is 14.5. The summed E-state index contributed by atoms with van der Waals surface area (Å²) in [6.45, 7) is 2.30. The van der Waals surface area contributed by atoms with Gasteiger partial charge in [-0.25, -0.2) is 9.59 Å². The number of methoxy groups -OCH3 is 2. The Hall–Kier alpha value is -5.58. The van der Waals surface area contributed by atoms with Gasteiger partial charge in [0.1, 0.15) is 11.5 Å². The van der Waals surface area contributed by atoms with Gasteiger partial charge in [-0.15, -0.1) is 0 Å². The standard InChI is InChI=1S/C29H30N4O3.2C2HF3O2/c1-35-24-11-8-21(9-12-24)26-18-33(17-20-6-4-3-5-7-20)19-27(26)29(34)32-23-10-13-25(28(14-23)36-2)22-15-30-31-16-22;2*3-2(4,5)1(6)7/h3-16,26-27H,17-19H2,1-2H3,(H,30,31)(H,32,34);2*(H,6,7)/t26-,27?;;/m1../s1. The van der Waals surface area contributed by atoms with Crippen LogP contribution in [0.25, 0.3) is 11.1 Å². The van der Waals surface area contributed by atoms with Gasteiger partial charge in [-0.05, 0) is 35.4 Å². The maximum Gasteiger partial charge on any atom is 0.490 e. The number of nitrogens with zero attached hydrogens (tertiary/aromatic N) is 2. The Balaban J connectivity index is 0.000000408. The Morgan fingerprint density at radius 2 is 1.48 bits per heavy atom. The van der Waals surface area contributed by atoms with Gasteiger partial charge in [0.05, 0.1) is 26.3 Å². The van der Waals surface area contributed by atoms with Crippen LogP contribution in [0.15, 0.2) is 85.2 Å². The van der Waals surface area contributed by atoms with Crippen molar-refractivity contribution < 1.29 is 60.4 Å². The first-order valence-electron chi connectivity index (χ1n) is 14.5. The second kappa shape index (κ2) is 17.2. The summed E-state index contributed by atoms with van der Waals surface area (Å²) >= 11 is 0. The van der Waals surface area contributed by atoms with Crippen LogP contribution in [0.2, 0.25) is 0 Å². The molecule has 0 saturated carbocycles. The summed E-state index contributed by atoms with van der Waals surface area (Å²) in [6, 6.07) is 24.2. The second-order valence-corrected chi connectivity index (χ2v) is 10.7. The van der Waals surface area contributed by atoms with Crippen molar-refractivity contribution >= 4 is 23.5 Å². The molecule has 3 aromatic carbocycles. The highest BCUT2D eigenvalue weighted by Gasteiger charge is 2.40. The Morgan fingerprint density at radius 1 is 0.880 bits per heavy atom. The summed E-state index contributed by atoms with van der Waals surface area (Å²) in [4.78, 5) is 33.8. The lowest BCUT2D eigenvalue weighted by molar-refractivity contribution is -0.193. The molecule has 268 valence electrons. The fourth-order valence-corrected chi connectivity index (χ4v) is 4.95. The number of aromatic nitrogens is 2. The average molecular weight is 711 g/mol. The molecule has 5 rings (SSSR count). The minimum atomic E-state index is -5.08. The number of alkyl halides is 6. The van der Waals surface area contributed by atoms with Crippen LogP contribution in [0.4, 0.5) is 32.0 Å². The number of benzene rings is 3. The lowest BCUT2D eigenvalue weighted by Crippen LogP contribution is -2.28. The Morgan fingerprint density at radius 3 is 1.98 bits per heavy atom. The molecule has 1 aliphatic rings. The van der Waals surface area contributed by atoms with Crippen molar-refractivity contribution in [2.75, 3.05) is 32.6 Å².